The number of carbonyl (C=O) groups excluding carboxylic acids is 1. The Labute approximate surface area is 227 Å². The van der Waals surface area contributed by atoms with Crippen molar-refractivity contribution in [2.75, 3.05) is 17.2 Å². The number of tetrazole rings is 1. The summed E-state index contributed by atoms with van der Waals surface area (Å²) < 4.78 is 7.00. The molecule has 1 amide bonds. The maximum atomic E-state index is 13.4. The number of aromatic amines is 1. The first kappa shape index (κ1) is 26.4. The number of nitrogens with one attached hydrogen (secondary N) is 3. The number of hydrogen-bond donors (Lipinski definition) is 3. The van der Waals surface area contributed by atoms with Gasteiger partial charge < -0.3 is 20.0 Å². The Balaban J connectivity index is 1.43. The van der Waals surface area contributed by atoms with Gasteiger partial charge in [0.2, 0.25) is 0 Å². The predicted octanol–water partition coefficient (Wildman–Crippen LogP) is 3.11. The van der Waals surface area contributed by atoms with E-state index in [1.165, 1.54) is 4.90 Å². The second kappa shape index (κ2) is 9.84. The molecule has 1 aliphatic rings. The fourth-order valence-electron chi connectivity index (χ4n) is 4.70. The zero-order valence-electron chi connectivity index (χ0n) is 21.9. The minimum atomic E-state index is -0.683. The number of benzene rings is 1. The Kier molecular flexibility index (Phi) is 6.67. The van der Waals surface area contributed by atoms with Gasteiger partial charge in [-0.25, -0.2) is 9.89 Å². The first-order valence-electron chi connectivity index (χ1n) is 12.5. The number of hydrogen-bond acceptors (Lipinski definition) is 9. The van der Waals surface area contributed by atoms with E-state index in [0.29, 0.717) is 27.6 Å². The third kappa shape index (κ3) is 4.65. The number of rotatable bonds is 10. The van der Waals surface area contributed by atoms with Crippen LogP contribution in [0.5, 0.6) is 0 Å². The second-order valence-corrected chi connectivity index (χ2v) is 10.7. The second-order valence-electron chi connectivity index (χ2n) is 10.3. The first-order valence-corrected chi connectivity index (χ1v) is 12.9. The molecule has 0 spiro atoms. The van der Waals surface area contributed by atoms with Gasteiger partial charge in [-0.2, -0.15) is 4.68 Å². The molecule has 0 radical (unpaired) electrons. The summed E-state index contributed by atoms with van der Waals surface area (Å²) in [6.07, 6.45) is 0.776. The Hall–Kier alpha value is -4.19. The van der Waals surface area contributed by atoms with Gasteiger partial charge in [-0.3, -0.25) is 14.4 Å². The standard InChI is InChI=1S/C26H28ClN7O5/c1-5-26(3,4)23(17-9-6-13(2)39-17)29-20-19(21(35)22(20)36)28-16-8-7-15(27)14-12-33(24(37)18(14)16)10-11-34-25(38)30-31-32-34/h6-9,23,28-29H,5,10-12H2,1-4H3,(H,30,32,38)/t23-/m0/s1. The Morgan fingerprint density at radius 1 is 1.10 bits per heavy atom. The summed E-state index contributed by atoms with van der Waals surface area (Å²) in [4.78, 5) is 52.0. The Morgan fingerprint density at radius 3 is 2.49 bits per heavy atom. The van der Waals surface area contributed by atoms with Crippen LogP contribution in [0.25, 0.3) is 0 Å². The van der Waals surface area contributed by atoms with Gasteiger partial charge in [0.15, 0.2) is 0 Å². The number of amides is 1. The molecule has 0 aliphatic carbocycles. The third-order valence-electron chi connectivity index (χ3n) is 7.42. The van der Waals surface area contributed by atoms with Crippen molar-refractivity contribution in [1.29, 1.82) is 0 Å². The summed E-state index contributed by atoms with van der Waals surface area (Å²) in [6, 6.07) is 6.57. The Morgan fingerprint density at radius 2 is 1.85 bits per heavy atom. The number of halogens is 1. The highest BCUT2D eigenvalue weighted by atomic mass is 35.5. The van der Waals surface area contributed by atoms with Gasteiger partial charge in [0.25, 0.3) is 16.8 Å². The van der Waals surface area contributed by atoms with Crippen LogP contribution >= 0.6 is 11.6 Å². The molecule has 39 heavy (non-hydrogen) atoms. The van der Waals surface area contributed by atoms with Crippen LogP contribution < -0.4 is 27.2 Å². The molecule has 204 valence electrons. The van der Waals surface area contributed by atoms with Crippen molar-refractivity contribution >= 4 is 34.6 Å². The topological polar surface area (TPSA) is 155 Å². The summed E-state index contributed by atoms with van der Waals surface area (Å²) in [6.45, 7) is 8.54. The van der Waals surface area contributed by atoms with Crippen molar-refractivity contribution < 1.29 is 9.21 Å². The lowest BCUT2D eigenvalue weighted by atomic mass is 9.80. The minimum absolute atomic E-state index is 0.0742. The number of fused-ring (bicyclic) bond motifs is 1. The lowest BCUT2D eigenvalue weighted by Gasteiger charge is -2.34. The highest BCUT2D eigenvalue weighted by Gasteiger charge is 2.36. The summed E-state index contributed by atoms with van der Waals surface area (Å²) in [5.41, 5.74) is -0.659. The lowest BCUT2D eigenvalue weighted by Crippen LogP contribution is -2.40. The van der Waals surface area contributed by atoms with E-state index in [9.17, 15) is 19.2 Å². The highest BCUT2D eigenvalue weighted by Crippen LogP contribution is 2.41. The quantitative estimate of drug-likeness (QED) is 0.251. The number of aryl methyl sites for hydroxylation is 1. The smallest absolute Gasteiger partial charge is 0.361 e. The number of nitrogens with zero attached hydrogens (tertiary/aromatic N) is 4. The molecule has 13 heteroatoms. The fourth-order valence-corrected chi connectivity index (χ4v) is 4.92. The fraction of sp³-hybridized carbons (Fsp3) is 0.385. The van der Waals surface area contributed by atoms with Crippen LogP contribution in [-0.4, -0.2) is 37.6 Å². The molecule has 1 atom stereocenters. The predicted molar refractivity (Wildman–Crippen MR) is 145 cm³/mol. The average Bonchev–Trinajstić information content (AvgIpc) is 3.62. The van der Waals surface area contributed by atoms with Gasteiger partial charge in [0.1, 0.15) is 22.9 Å². The largest absolute Gasteiger partial charge is 0.464 e. The van der Waals surface area contributed by atoms with Crippen LogP contribution in [-0.2, 0) is 13.1 Å². The van der Waals surface area contributed by atoms with Crippen LogP contribution in [0.4, 0.5) is 17.1 Å². The number of carbonyl (C=O) groups is 1. The molecule has 1 aliphatic heterocycles. The first-order chi connectivity index (χ1) is 18.5. The van der Waals surface area contributed by atoms with Gasteiger partial charge in [0, 0.05) is 23.7 Å². The molecule has 0 saturated heterocycles. The van der Waals surface area contributed by atoms with E-state index in [4.69, 9.17) is 16.0 Å². The van der Waals surface area contributed by atoms with E-state index < -0.39 is 16.5 Å². The molecule has 2 aromatic heterocycles. The minimum Gasteiger partial charge on any atom is -0.464 e. The molecular weight excluding hydrogens is 526 g/mol. The number of H-pyrrole nitrogens is 1. The molecule has 5 rings (SSSR count). The summed E-state index contributed by atoms with van der Waals surface area (Å²) in [5.74, 6) is 1.07. The molecule has 2 aromatic carbocycles. The zero-order chi connectivity index (χ0) is 28.1. The number of furan rings is 1. The summed E-state index contributed by atoms with van der Waals surface area (Å²) in [7, 11) is 0. The van der Waals surface area contributed by atoms with E-state index in [1.54, 1.807) is 12.1 Å². The van der Waals surface area contributed by atoms with E-state index in [0.717, 1.165) is 16.9 Å². The normalized spacial score (nSPS) is 14.2. The molecule has 3 N–H and O–H groups in total. The molecule has 12 nitrogen and oxygen atoms in total. The summed E-state index contributed by atoms with van der Waals surface area (Å²) >= 11 is 6.42. The van der Waals surface area contributed by atoms with Gasteiger partial charge in [-0.15, -0.1) is 0 Å². The molecule has 4 aromatic rings. The van der Waals surface area contributed by atoms with Crippen LogP contribution in [0.2, 0.25) is 5.02 Å². The molecule has 0 unspecified atom stereocenters. The Bertz CT molecular complexity index is 1690. The van der Waals surface area contributed by atoms with E-state index in [2.05, 4.69) is 26.2 Å². The number of anilines is 3. The van der Waals surface area contributed by atoms with Crippen molar-refractivity contribution in [3.8, 4) is 0 Å². The van der Waals surface area contributed by atoms with Crippen LogP contribution in [0.15, 0.2) is 43.1 Å². The molecule has 0 fully saturated rings. The van der Waals surface area contributed by atoms with Gasteiger partial charge in [-0.05, 0) is 53.5 Å². The van der Waals surface area contributed by atoms with Gasteiger partial charge in [-0.1, -0.05) is 32.4 Å². The monoisotopic (exact) mass is 553 g/mol. The third-order valence-corrected chi connectivity index (χ3v) is 7.77. The maximum absolute atomic E-state index is 13.4. The average molecular weight is 554 g/mol. The molecule has 0 bridgehead atoms. The molecular formula is C26H28ClN7O5. The zero-order valence-corrected chi connectivity index (χ0v) is 22.7. The van der Waals surface area contributed by atoms with Crippen LogP contribution in [0.3, 0.4) is 0 Å². The van der Waals surface area contributed by atoms with Crippen LogP contribution in [0, 0.1) is 12.3 Å². The van der Waals surface area contributed by atoms with Gasteiger partial charge >= 0.3 is 5.69 Å². The maximum Gasteiger partial charge on any atom is 0.361 e. The van der Waals surface area contributed by atoms with E-state index >= 15 is 0 Å². The van der Waals surface area contributed by atoms with Crippen molar-refractivity contribution in [1.82, 2.24) is 25.1 Å². The van der Waals surface area contributed by atoms with E-state index in [-0.39, 0.29) is 48.4 Å². The van der Waals surface area contributed by atoms with Gasteiger partial charge in [0.05, 0.1) is 23.8 Å². The van der Waals surface area contributed by atoms with Crippen molar-refractivity contribution in [3.05, 3.63) is 82.9 Å². The summed E-state index contributed by atoms with van der Waals surface area (Å²) in [5, 5.41) is 16.0. The highest BCUT2D eigenvalue weighted by molar-refractivity contribution is 6.32. The van der Waals surface area contributed by atoms with Crippen LogP contribution in [0.1, 0.15) is 60.7 Å². The lowest BCUT2D eigenvalue weighted by molar-refractivity contribution is 0.0771. The van der Waals surface area contributed by atoms with Crippen molar-refractivity contribution in [3.63, 3.8) is 0 Å². The SMILES string of the molecule is CCC(C)(C)[C@@H](Nc1c(Nc2ccc(Cl)c3c2C(=O)N(CCn2nn[nH]c2=O)C3)c(=O)c1=O)c1ccc(C)o1. The molecule has 0 saturated carbocycles. The number of aromatic nitrogens is 4. The van der Waals surface area contributed by atoms with Crippen molar-refractivity contribution in [2.24, 2.45) is 5.41 Å². The van der Waals surface area contributed by atoms with Crippen molar-refractivity contribution in [2.45, 2.75) is 53.2 Å². The van der Waals surface area contributed by atoms with E-state index in [1.807, 2.05) is 39.8 Å². The molecule has 3 heterocycles.